The number of amides is 2. The summed E-state index contributed by atoms with van der Waals surface area (Å²) >= 11 is 13.5. The maximum absolute atomic E-state index is 12.5. The molecule has 0 bridgehead atoms. The van der Waals surface area contributed by atoms with Crippen LogP contribution in [0.1, 0.15) is 16.9 Å². The molecule has 116 valence electrons. The molecule has 1 unspecified atom stereocenters. The molecule has 0 aliphatic carbocycles. The van der Waals surface area contributed by atoms with Gasteiger partial charge in [0.05, 0.1) is 10.0 Å². The first-order valence-corrected chi connectivity index (χ1v) is 8.55. The van der Waals surface area contributed by atoms with Gasteiger partial charge in [0, 0.05) is 18.0 Å². The molecule has 2 heterocycles. The number of hydrogen-bond donors (Lipinski definition) is 1. The van der Waals surface area contributed by atoms with Crippen LogP contribution in [0.4, 0.5) is 10.5 Å². The number of carbonyl (C=O) groups excluding carboxylic acids is 1. The number of rotatable bonds is 2. The number of thioether (sulfide) groups is 1. The molecule has 2 amide bonds. The molecular weight excluding hydrogens is 343 g/mol. The zero-order valence-electron chi connectivity index (χ0n) is 11.8. The third-order valence-corrected chi connectivity index (χ3v) is 5.29. The molecule has 3 rings (SSSR count). The summed E-state index contributed by atoms with van der Waals surface area (Å²) in [5.41, 5.74) is 0.616. The second-order valence-corrected chi connectivity index (χ2v) is 6.93. The molecule has 1 aromatic carbocycles. The van der Waals surface area contributed by atoms with Crippen molar-refractivity contribution in [2.45, 2.75) is 12.3 Å². The SMILES string of the molecule is Cc1ccc(C2SCCN2C(=O)Nc2ccc(Cl)c(Cl)c2)o1. The van der Waals surface area contributed by atoms with E-state index in [-0.39, 0.29) is 11.4 Å². The van der Waals surface area contributed by atoms with E-state index in [0.717, 1.165) is 17.3 Å². The van der Waals surface area contributed by atoms with Crippen molar-refractivity contribution >= 4 is 46.7 Å². The smallest absolute Gasteiger partial charge is 0.323 e. The van der Waals surface area contributed by atoms with E-state index >= 15 is 0 Å². The summed E-state index contributed by atoms with van der Waals surface area (Å²) in [4.78, 5) is 14.2. The van der Waals surface area contributed by atoms with Crippen LogP contribution in [0.15, 0.2) is 34.7 Å². The van der Waals surface area contributed by atoms with Crippen LogP contribution in [0.25, 0.3) is 0 Å². The van der Waals surface area contributed by atoms with Crippen LogP contribution in [0.2, 0.25) is 10.0 Å². The minimum absolute atomic E-state index is 0.100. The largest absolute Gasteiger partial charge is 0.463 e. The van der Waals surface area contributed by atoms with Gasteiger partial charge in [-0.05, 0) is 37.3 Å². The van der Waals surface area contributed by atoms with Gasteiger partial charge in [-0.1, -0.05) is 23.2 Å². The van der Waals surface area contributed by atoms with E-state index in [4.69, 9.17) is 27.6 Å². The van der Waals surface area contributed by atoms with Crippen molar-refractivity contribution in [3.05, 3.63) is 51.9 Å². The summed E-state index contributed by atoms with van der Waals surface area (Å²) in [6, 6.07) is 8.66. The standard InChI is InChI=1S/C15H14Cl2N2O2S/c1-9-2-5-13(21-9)14-19(6-7-22-14)15(20)18-10-3-4-11(16)12(17)8-10/h2-5,8,14H,6-7H2,1H3,(H,18,20). The minimum Gasteiger partial charge on any atom is -0.463 e. The van der Waals surface area contributed by atoms with Crippen LogP contribution in [-0.4, -0.2) is 23.2 Å². The van der Waals surface area contributed by atoms with Gasteiger partial charge in [0.15, 0.2) is 0 Å². The predicted octanol–water partition coefficient (Wildman–Crippen LogP) is 5.17. The van der Waals surface area contributed by atoms with Crippen molar-refractivity contribution < 1.29 is 9.21 Å². The lowest BCUT2D eigenvalue weighted by Crippen LogP contribution is -2.34. The van der Waals surface area contributed by atoms with Gasteiger partial charge in [-0.15, -0.1) is 11.8 Å². The Morgan fingerprint density at radius 1 is 1.32 bits per heavy atom. The van der Waals surface area contributed by atoms with Crippen LogP contribution in [-0.2, 0) is 0 Å². The lowest BCUT2D eigenvalue weighted by Gasteiger charge is -2.22. The van der Waals surface area contributed by atoms with Gasteiger partial charge in [0.2, 0.25) is 0 Å². The summed E-state index contributed by atoms with van der Waals surface area (Å²) in [6.07, 6.45) is 0. The summed E-state index contributed by atoms with van der Waals surface area (Å²) in [7, 11) is 0. The quantitative estimate of drug-likeness (QED) is 0.806. The highest BCUT2D eigenvalue weighted by Crippen LogP contribution is 2.39. The highest BCUT2D eigenvalue weighted by atomic mass is 35.5. The number of urea groups is 1. The Kier molecular flexibility index (Phi) is 4.57. The number of halogens is 2. The Balaban J connectivity index is 1.74. The third kappa shape index (κ3) is 3.21. The Morgan fingerprint density at radius 3 is 2.82 bits per heavy atom. The molecule has 1 saturated heterocycles. The van der Waals surface area contributed by atoms with Crippen molar-refractivity contribution in [1.82, 2.24) is 4.90 Å². The number of furan rings is 1. The van der Waals surface area contributed by atoms with Gasteiger partial charge in [-0.25, -0.2) is 4.79 Å². The van der Waals surface area contributed by atoms with E-state index in [1.54, 1.807) is 34.9 Å². The lowest BCUT2D eigenvalue weighted by molar-refractivity contribution is 0.209. The van der Waals surface area contributed by atoms with E-state index in [2.05, 4.69) is 5.32 Å². The molecule has 7 heteroatoms. The highest BCUT2D eigenvalue weighted by Gasteiger charge is 2.32. The van der Waals surface area contributed by atoms with Gasteiger partial charge in [0.1, 0.15) is 16.9 Å². The highest BCUT2D eigenvalue weighted by molar-refractivity contribution is 7.99. The number of hydrogen-bond acceptors (Lipinski definition) is 3. The van der Waals surface area contributed by atoms with E-state index in [9.17, 15) is 4.79 Å². The lowest BCUT2D eigenvalue weighted by atomic mass is 10.3. The van der Waals surface area contributed by atoms with Crippen LogP contribution in [0.3, 0.4) is 0 Å². The number of anilines is 1. The fourth-order valence-corrected chi connectivity index (χ4v) is 3.76. The maximum atomic E-state index is 12.5. The number of aryl methyl sites for hydroxylation is 1. The van der Waals surface area contributed by atoms with Gasteiger partial charge in [-0.3, -0.25) is 0 Å². The van der Waals surface area contributed by atoms with E-state index in [1.165, 1.54) is 0 Å². The van der Waals surface area contributed by atoms with Crippen molar-refractivity contribution in [1.29, 1.82) is 0 Å². The number of nitrogens with zero attached hydrogens (tertiary/aromatic N) is 1. The maximum Gasteiger partial charge on any atom is 0.323 e. The van der Waals surface area contributed by atoms with Gasteiger partial charge >= 0.3 is 6.03 Å². The topological polar surface area (TPSA) is 45.5 Å². The Labute approximate surface area is 142 Å². The van der Waals surface area contributed by atoms with Crippen molar-refractivity contribution in [2.24, 2.45) is 0 Å². The third-order valence-electron chi connectivity index (χ3n) is 3.33. The first kappa shape index (κ1) is 15.6. The van der Waals surface area contributed by atoms with E-state index < -0.39 is 0 Å². The molecule has 1 fully saturated rings. The van der Waals surface area contributed by atoms with Gasteiger partial charge in [-0.2, -0.15) is 0 Å². The zero-order chi connectivity index (χ0) is 15.7. The van der Waals surface area contributed by atoms with Crippen molar-refractivity contribution in [3.63, 3.8) is 0 Å². The number of nitrogens with one attached hydrogen (secondary N) is 1. The molecule has 0 radical (unpaired) electrons. The van der Waals surface area contributed by atoms with Crippen molar-refractivity contribution in [2.75, 3.05) is 17.6 Å². The summed E-state index contributed by atoms with van der Waals surface area (Å²) in [5, 5.41) is 3.62. The molecule has 1 N–H and O–H groups in total. The molecule has 1 aliphatic rings. The number of benzene rings is 1. The Hall–Kier alpha value is -1.30. The van der Waals surface area contributed by atoms with Gasteiger partial charge in [0.25, 0.3) is 0 Å². The molecule has 1 aliphatic heterocycles. The summed E-state index contributed by atoms with van der Waals surface area (Å²) in [6.45, 7) is 2.56. The molecular formula is C15H14Cl2N2O2S. The van der Waals surface area contributed by atoms with E-state index in [0.29, 0.717) is 22.3 Å². The monoisotopic (exact) mass is 356 g/mol. The zero-order valence-corrected chi connectivity index (χ0v) is 14.1. The fraction of sp³-hybridized carbons (Fsp3) is 0.267. The first-order chi connectivity index (χ1) is 10.5. The molecule has 1 atom stereocenters. The normalized spacial score (nSPS) is 17.8. The van der Waals surface area contributed by atoms with Crippen LogP contribution < -0.4 is 5.32 Å². The second kappa shape index (κ2) is 6.44. The van der Waals surface area contributed by atoms with Gasteiger partial charge < -0.3 is 14.6 Å². The summed E-state index contributed by atoms with van der Waals surface area (Å²) in [5.74, 6) is 2.51. The Bertz CT molecular complexity index is 705. The first-order valence-electron chi connectivity index (χ1n) is 6.75. The number of carbonyl (C=O) groups is 1. The molecule has 0 saturated carbocycles. The van der Waals surface area contributed by atoms with Crippen LogP contribution >= 0.6 is 35.0 Å². The predicted molar refractivity (Wildman–Crippen MR) is 90.8 cm³/mol. The molecule has 4 nitrogen and oxygen atoms in total. The summed E-state index contributed by atoms with van der Waals surface area (Å²) < 4.78 is 5.65. The average Bonchev–Trinajstić information content (AvgIpc) is 3.11. The van der Waals surface area contributed by atoms with Crippen LogP contribution in [0, 0.1) is 6.92 Å². The molecule has 0 spiro atoms. The second-order valence-electron chi connectivity index (χ2n) is 4.92. The molecule has 1 aromatic heterocycles. The van der Waals surface area contributed by atoms with E-state index in [1.807, 2.05) is 19.1 Å². The Morgan fingerprint density at radius 2 is 2.14 bits per heavy atom. The average molecular weight is 357 g/mol. The molecule has 22 heavy (non-hydrogen) atoms. The fourth-order valence-electron chi connectivity index (χ4n) is 2.27. The van der Waals surface area contributed by atoms with Crippen LogP contribution in [0.5, 0.6) is 0 Å². The molecule has 2 aromatic rings. The van der Waals surface area contributed by atoms with Crippen molar-refractivity contribution in [3.8, 4) is 0 Å². The minimum atomic E-state index is -0.178.